The fraction of sp³-hybridized carbons (Fsp3) is 0.462. The highest BCUT2D eigenvalue weighted by Gasteiger charge is 2.24. The molecule has 2 rings (SSSR count). The average molecular weight is 300 g/mol. The van der Waals surface area contributed by atoms with Crippen LogP contribution in [0.3, 0.4) is 0 Å². The third-order valence-electron chi connectivity index (χ3n) is 3.54. The van der Waals surface area contributed by atoms with Crippen molar-refractivity contribution >= 4 is 21.4 Å². The van der Waals surface area contributed by atoms with E-state index in [-0.39, 0.29) is 23.1 Å². The quantitative estimate of drug-likeness (QED) is 0.878. The van der Waals surface area contributed by atoms with Crippen molar-refractivity contribution in [2.75, 3.05) is 16.8 Å². The van der Waals surface area contributed by atoms with Crippen LogP contribution in [0.2, 0.25) is 0 Å². The summed E-state index contributed by atoms with van der Waals surface area (Å²) in [6.45, 7) is 1.60. The predicted octanol–water partition coefficient (Wildman–Crippen LogP) is 1.22. The lowest BCUT2D eigenvalue weighted by Gasteiger charge is -2.25. The molecule has 0 atom stereocenters. The lowest BCUT2D eigenvalue weighted by molar-refractivity contribution is 0.1000. The van der Waals surface area contributed by atoms with Crippen LogP contribution in [0.1, 0.15) is 28.8 Å². The monoisotopic (exact) mass is 300 g/mol. The number of carbonyl (C=O) groups is 1. The van der Waals surface area contributed by atoms with E-state index in [1.807, 2.05) is 0 Å². The minimum atomic E-state index is -2.94. The molecule has 1 aliphatic rings. The van der Waals surface area contributed by atoms with E-state index in [2.05, 4.69) is 5.32 Å². The highest BCUT2D eigenvalue weighted by Crippen LogP contribution is 2.24. The van der Waals surface area contributed by atoms with Crippen molar-refractivity contribution in [1.29, 1.82) is 0 Å². The van der Waals surface area contributed by atoms with Gasteiger partial charge in [0.1, 0.15) is 15.7 Å². The van der Waals surface area contributed by atoms with Crippen molar-refractivity contribution < 1.29 is 17.6 Å². The highest BCUT2D eigenvalue weighted by atomic mass is 32.2. The molecule has 0 bridgehead atoms. The Hall–Kier alpha value is -1.63. The number of rotatable bonds is 3. The van der Waals surface area contributed by atoms with Crippen molar-refractivity contribution in [2.45, 2.75) is 25.8 Å². The number of primary amides is 1. The number of benzene rings is 1. The molecule has 0 unspecified atom stereocenters. The van der Waals surface area contributed by atoms with Gasteiger partial charge in [0.2, 0.25) is 5.91 Å². The second kappa shape index (κ2) is 5.40. The van der Waals surface area contributed by atoms with Gasteiger partial charge in [-0.1, -0.05) is 0 Å². The molecule has 0 spiro atoms. The molecule has 0 radical (unpaired) electrons. The standard InChI is InChI=1S/C13H17FN2O3S/c1-8-11(14)6-9(13(15)17)7-12(8)16-10-2-4-20(18,19)5-3-10/h6-7,10,16H,2-5H2,1H3,(H2,15,17). The van der Waals surface area contributed by atoms with E-state index in [0.717, 1.165) is 6.07 Å². The van der Waals surface area contributed by atoms with Gasteiger partial charge in [0, 0.05) is 22.9 Å². The van der Waals surface area contributed by atoms with E-state index < -0.39 is 21.6 Å². The van der Waals surface area contributed by atoms with Gasteiger partial charge >= 0.3 is 0 Å². The molecular weight excluding hydrogens is 283 g/mol. The number of nitrogens with one attached hydrogen (secondary N) is 1. The molecule has 20 heavy (non-hydrogen) atoms. The second-order valence-corrected chi connectivity index (χ2v) is 7.37. The fourth-order valence-corrected chi connectivity index (χ4v) is 3.72. The minimum Gasteiger partial charge on any atom is -0.382 e. The Morgan fingerprint density at radius 3 is 2.50 bits per heavy atom. The third kappa shape index (κ3) is 3.27. The number of nitrogens with two attached hydrogens (primary N) is 1. The van der Waals surface area contributed by atoms with Crippen LogP contribution in [0.4, 0.5) is 10.1 Å². The summed E-state index contributed by atoms with van der Waals surface area (Å²) in [7, 11) is -2.94. The Labute approximate surface area is 117 Å². The Balaban J connectivity index is 2.19. The number of hydrogen-bond acceptors (Lipinski definition) is 4. The molecule has 1 amide bonds. The fourth-order valence-electron chi connectivity index (χ4n) is 2.23. The van der Waals surface area contributed by atoms with E-state index in [9.17, 15) is 17.6 Å². The molecule has 1 aromatic rings. The third-order valence-corrected chi connectivity index (χ3v) is 5.26. The molecule has 0 saturated carbocycles. The van der Waals surface area contributed by atoms with Crippen LogP contribution < -0.4 is 11.1 Å². The number of amides is 1. The van der Waals surface area contributed by atoms with Crippen molar-refractivity contribution in [3.05, 3.63) is 29.1 Å². The molecule has 110 valence electrons. The smallest absolute Gasteiger partial charge is 0.248 e. The molecule has 0 aromatic heterocycles. The van der Waals surface area contributed by atoms with Gasteiger partial charge in [0.15, 0.2) is 0 Å². The second-order valence-electron chi connectivity index (χ2n) is 5.07. The van der Waals surface area contributed by atoms with E-state index in [4.69, 9.17) is 5.73 Å². The summed E-state index contributed by atoms with van der Waals surface area (Å²) < 4.78 is 36.5. The Bertz CT molecular complexity index is 629. The molecule has 0 aliphatic carbocycles. The van der Waals surface area contributed by atoms with Gasteiger partial charge in [-0.25, -0.2) is 12.8 Å². The zero-order valence-electron chi connectivity index (χ0n) is 11.1. The normalized spacial score (nSPS) is 18.7. The first-order valence-electron chi connectivity index (χ1n) is 6.35. The van der Waals surface area contributed by atoms with Gasteiger partial charge in [0.05, 0.1) is 11.5 Å². The first kappa shape index (κ1) is 14.8. The van der Waals surface area contributed by atoms with Crippen LogP contribution in [0.15, 0.2) is 12.1 Å². The SMILES string of the molecule is Cc1c(F)cc(C(N)=O)cc1NC1CCS(=O)(=O)CC1. The van der Waals surface area contributed by atoms with E-state index in [0.29, 0.717) is 24.1 Å². The largest absolute Gasteiger partial charge is 0.382 e. The first-order valence-corrected chi connectivity index (χ1v) is 8.17. The number of hydrogen-bond donors (Lipinski definition) is 2. The average Bonchev–Trinajstić information content (AvgIpc) is 2.36. The number of halogens is 1. The lowest BCUT2D eigenvalue weighted by atomic mass is 10.1. The van der Waals surface area contributed by atoms with E-state index >= 15 is 0 Å². The zero-order valence-corrected chi connectivity index (χ0v) is 12.0. The summed E-state index contributed by atoms with van der Waals surface area (Å²) in [5.74, 6) is -0.950. The van der Waals surface area contributed by atoms with E-state index in [1.54, 1.807) is 6.92 Å². The maximum absolute atomic E-state index is 13.7. The summed E-state index contributed by atoms with van der Waals surface area (Å²) in [4.78, 5) is 11.1. The van der Waals surface area contributed by atoms with Crippen LogP contribution in [0.25, 0.3) is 0 Å². The van der Waals surface area contributed by atoms with Crippen molar-refractivity contribution in [3.8, 4) is 0 Å². The topological polar surface area (TPSA) is 89.3 Å². The van der Waals surface area contributed by atoms with Gasteiger partial charge < -0.3 is 11.1 Å². The van der Waals surface area contributed by atoms with Crippen LogP contribution in [-0.4, -0.2) is 31.9 Å². The zero-order chi connectivity index (χ0) is 14.9. The summed E-state index contributed by atoms with van der Waals surface area (Å²) in [6, 6.07) is 2.57. The molecular formula is C13H17FN2O3S. The van der Waals surface area contributed by atoms with Gasteiger partial charge in [-0.05, 0) is 31.9 Å². The first-order chi connectivity index (χ1) is 9.28. The highest BCUT2D eigenvalue weighted by molar-refractivity contribution is 7.91. The van der Waals surface area contributed by atoms with E-state index in [1.165, 1.54) is 6.07 Å². The van der Waals surface area contributed by atoms with Gasteiger partial charge in [-0.2, -0.15) is 0 Å². The summed E-state index contributed by atoms with van der Waals surface area (Å²) in [5.41, 5.74) is 6.14. The number of sulfone groups is 1. The summed E-state index contributed by atoms with van der Waals surface area (Å²) in [5, 5.41) is 3.11. The molecule has 3 N–H and O–H groups in total. The van der Waals surface area contributed by atoms with Crippen LogP contribution in [0.5, 0.6) is 0 Å². The predicted molar refractivity (Wildman–Crippen MR) is 75.0 cm³/mol. The molecule has 7 heteroatoms. The lowest BCUT2D eigenvalue weighted by Crippen LogP contribution is -2.32. The number of carbonyl (C=O) groups excluding carboxylic acids is 1. The van der Waals surface area contributed by atoms with Gasteiger partial charge in [-0.3, -0.25) is 4.79 Å². The van der Waals surface area contributed by atoms with Crippen LogP contribution in [-0.2, 0) is 9.84 Å². The van der Waals surface area contributed by atoms with Crippen LogP contribution >= 0.6 is 0 Å². The van der Waals surface area contributed by atoms with Crippen molar-refractivity contribution in [2.24, 2.45) is 5.73 Å². The van der Waals surface area contributed by atoms with Gasteiger partial charge in [-0.15, -0.1) is 0 Å². The maximum Gasteiger partial charge on any atom is 0.248 e. The Kier molecular flexibility index (Phi) is 3.99. The van der Waals surface area contributed by atoms with Crippen LogP contribution in [0, 0.1) is 12.7 Å². The molecule has 1 heterocycles. The molecule has 1 aromatic carbocycles. The molecule has 1 fully saturated rings. The molecule has 1 aliphatic heterocycles. The Morgan fingerprint density at radius 2 is 1.95 bits per heavy atom. The maximum atomic E-state index is 13.7. The summed E-state index contributed by atoms with van der Waals surface area (Å²) >= 11 is 0. The Morgan fingerprint density at radius 1 is 1.35 bits per heavy atom. The number of anilines is 1. The van der Waals surface area contributed by atoms with Crippen molar-refractivity contribution in [3.63, 3.8) is 0 Å². The van der Waals surface area contributed by atoms with Crippen molar-refractivity contribution in [1.82, 2.24) is 0 Å². The molecule has 1 saturated heterocycles. The molecule has 5 nitrogen and oxygen atoms in total. The summed E-state index contributed by atoms with van der Waals surface area (Å²) in [6.07, 6.45) is 0.953. The van der Waals surface area contributed by atoms with Gasteiger partial charge in [0.25, 0.3) is 0 Å². The minimum absolute atomic E-state index is 0.0419.